The van der Waals surface area contributed by atoms with Crippen molar-refractivity contribution < 1.29 is 14.3 Å². The first kappa shape index (κ1) is 16.2. The number of aromatic nitrogens is 1. The summed E-state index contributed by atoms with van der Waals surface area (Å²) in [6.45, 7) is 2.51. The first-order chi connectivity index (χ1) is 12.6. The fourth-order valence-electron chi connectivity index (χ4n) is 3.28. The molecule has 0 saturated heterocycles. The van der Waals surface area contributed by atoms with E-state index in [1.54, 1.807) is 23.1 Å². The molecule has 0 aliphatic carbocycles. The van der Waals surface area contributed by atoms with Gasteiger partial charge in [-0.1, -0.05) is 18.2 Å². The van der Waals surface area contributed by atoms with Crippen molar-refractivity contribution in [2.45, 2.75) is 13.3 Å². The highest BCUT2D eigenvalue weighted by atomic mass is 16.5. The van der Waals surface area contributed by atoms with E-state index < -0.39 is 0 Å². The quantitative estimate of drug-likeness (QED) is 0.763. The number of hydrogen-bond donors (Lipinski definition) is 2. The van der Waals surface area contributed by atoms with Gasteiger partial charge in [-0.3, -0.25) is 9.59 Å². The highest BCUT2D eigenvalue weighted by Gasteiger charge is 2.21. The number of aromatic amines is 1. The number of carbonyl (C=O) groups excluding carboxylic acids is 2. The highest BCUT2D eigenvalue weighted by molar-refractivity contribution is 5.98. The predicted octanol–water partition coefficient (Wildman–Crippen LogP) is 3.09. The zero-order chi connectivity index (χ0) is 18.1. The first-order valence-electron chi connectivity index (χ1n) is 8.51. The second kappa shape index (κ2) is 6.55. The molecule has 0 fully saturated rings. The van der Waals surface area contributed by atoms with Crippen LogP contribution in [-0.4, -0.2) is 29.9 Å². The molecule has 1 aromatic heterocycles. The van der Waals surface area contributed by atoms with E-state index in [4.69, 9.17) is 4.74 Å². The van der Waals surface area contributed by atoms with Gasteiger partial charge in [0.25, 0.3) is 0 Å². The number of nitrogens with one attached hydrogen (secondary N) is 2. The number of anilines is 2. The van der Waals surface area contributed by atoms with E-state index in [1.165, 1.54) is 6.92 Å². The maximum atomic E-state index is 12.5. The lowest BCUT2D eigenvalue weighted by atomic mass is 10.1. The molecule has 0 radical (unpaired) electrons. The molecule has 132 valence electrons. The zero-order valence-corrected chi connectivity index (χ0v) is 14.4. The summed E-state index contributed by atoms with van der Waals surface area (Å²) in [5, 5.41) is 3.95. The van der Waals surface area contributed by atoms with Crippen LogP contribution in [0, 0.1) is 0 Å². The Morgan fingerprint density at radius 2 is 2.08 bits per heavy atom. The summed E-state index contributed by atoms with van der Waals surface area (Å²) in [5.74, 6) is 0.499. The molecule has 2 aromatic carbocycles. The van der Waals surface area contributed by atoms with Gasteiger partial charge in [0, 0.05) is 29.7 Å². The molecule has 3 aromatic rings. The lowest BCUT2D eigenvalue weighted by Crippen LogP contribution is -2.36. The average molecular weight is 349 g/mol. The number of ether oxygens (including phenoxy) is 1. The van der Waals surface area contributed by atoms with Gasteiger partial charge in [0.1, 0.15) is 12.4 Å². The third-order valence-electron chi connectivity index (χ3n) is 4.51. The van der Waals surface area contributed by atoms with E-state index in [1.807, 2.05) is 30.5 Å². The molecule has 0 saturated carbocycles. The maximum Gasteiger partial charge on any atom is 0.228 e. The largest absolute Gasteiger partial charge is 0.490 e. The van der Waals surface area contributed by atoms with Crippen LogP contribution in [0.3, 0.4) is 0 Å². The Hall–Kier alpha value is -3.28. The molecule has 1 aliphatic rings. The molecule has 0 spiro atoms. The number of amides is 2. The van der Waals surface area contributed by atoms with Crippen LogP contribution in [0.15, 0.2) is 48.7 Å². The molecule has 4 rings (SSSR count). The fraction of sp³-hybridized carbons (Fsp3) is 0.200. The number of rotatable bonds is 3. The van der Waals surface area contributed by atoms with E-state index in [9.17, 15) is 9.59 Å². The number of H-pyrrole nitrogens is 1. The minimum absolute atomic E-state index is 0.0446. The molecule has 2 N–H and O–H groups in total. The molecular formula is C20H19N3O3. The van der Waals surface area contributed by atoms with Crippen molar-refractivity contribution in [3.8, 4) is 5.75 Å². The molecule has 2 amide bonds. The Labute approximate surface area is 150 Å². The minimum atomic E-state index is -0.110. The normalized spacial score (nSPS) is 13.2. The summed E-state index contributed by atoms with van der Waals surface area (Å²) in [6.07, 6.45) is 2.14. The Bertz CT molecular complexity index is 993. The number of fused-ring (bicyclic) bond motifs is 2. The third-order valence-corrected chi connectivity index (χ3v) is 4.51. The highest BCUT2D eigenvalue weighted by Crippen LogP contribution is 2.34. The van der Waals surface area contributed by atoms with Crippen molar-refractivity contribution >= 4 is 34.1 Å². The van der Waals surface area contributed by atoms with Crippen LogP contribution >= 0.6 is 0 Å². The van der Waals surface area contributed by atoms with E-state index in [0.29, 0.717) is 30.3 Å². The van der Waals surface area contributed by atoms with Crippen molar-refractivity contribution in [2.24, 2.45) is 0 Å². The SMILES string of the molecule is CC(=O)N1CCOc2ccc(NC(=O)Cc3c[nH]c4ccccc34)cc21. The van der Waals surface area contributed by atoms with Crippen LogP contribution in [-0.2, 0) is 16.0 Å². The van der Waals surface area contributed by atoms with Crippen molar-refractivity contribution in [1.29, 1.82) is 0 Å². The summed E-state index contributed by atoms with van der Waals surface area (Å²) in [7, 11) is 0. The number of para-hydroxylation sites is 1. The Balaban J connectivity index is 1.53. The van der Waals surface area contributed by atoms with Gasteiger partial charge in [0.15, 0.2) is 0 Å². The van der Waals surface area contributed by atoms with Crippen molar-refractivity contribution in [1.82, 2.24) is 4.98 Å². The van der Waals surface area contributed by atoms with Crippen LogP contribution < -0.4 is 15.0 Å². The summed E-state index contributed by atoms with van der Waals surface area (Å²) >= 11 is 0. The smallest absolute Gasteiger partial charge is 0.228 e. The Morgan fingerprint density at radius 1 is 1.23 bits per heavy atom. The maximum absolute atomic E-state index is 12.5. The van der Waals surface area contributed by atoms with Crippen LogP contribution in [0.2, 0.25) is 0 Å². The van der Waals surface area contributed by atoms with Gasteiger partial charge in [-0.2, -0.15) is 0 Å². The third kappa shape index (κ3) is 3.01. The van der Waals surface area contributed by atoms with Gasteiger partial charge < -0.3 is 19.9 Å². The van der Waals surface area contributed by atoms with Crippen LogP contribution in [0.5, 0.6) is 5.75 Å². The first-order valence-corrected chi connectivity index (χ1v) is 8.51. The molecule has 6 nitrogen and oxygen atoms in total. The number of benzene rings is 2. The van der Waals surface area contributed by atoms with Gasteiger partial charge >= 0.3 is 0 Å². The molecule has 26 heavy (non-hydrogen) atoms. The van der Waals surface area contributed by atoms with Crippen molar-refractivity contribution in [3.63, 3.8) is 0 Å². The zero-order valence-electron chi connectivity index (χ0n) is 14.4. The van der Waals surface area contributed by atoms with Crippen molar-refractivity contribution in [3.05, 3.63) is 54.2 Å². The monoisotopic (exact) mass is 349 g/mol. The van der Waals surface area contributed by atoms with E-state index in [0.717, 1.165) is 16.5 Å². The summed E-state index contributed by atoms with van der Waals surface area (Å²) in [4.78, 5) is 29.1. The van der Waals surface area contributed by atoms with Crippen LogP contribution in [0.25, 0.3) is 10.9 Å². The Morgan fingerprint density at radius 3 is 2.92 bits per heavy atom. The van der Waals surface area contributed by atoms with E-state index >= 15 is 0 Å². The second-order valence-electron chi connectivity index (χ2n) is 6.29. The van der Waals surface area contributed by atoms with E-state index in [-0.39, 0.29) is 18.2 Å². The number of hydrogen-bond acceptors (Lipinski definition) is 3. The Kier molecular flexibility index (Phi) is 4.08. The average Bonchev–Trinajstić information content (AvgIpc) is 3.04. The number of carbonyl (C=O) groups is 2. The van der Waals surface area contributed by atoms with Gasteiger partial charge in [-0.25, -0.2) is 0 Å². The topological polar surface area (TPSA) is 74.4 Å². The minimum Gasteiger partial charge on any atom is -0.490 e. The van der Waals surface area contributed by atoms with Gasteiger partial charge in [0.05, 0.1) is 18.7 Å². The predicted molar refractivity (Wildman–Crippen MR) is 101 cm³/mol. The molecule has 0 atom stereocenters. The van der Waals surface area contributed by atoms with Crippen molar-refractivity contribution in [2.75, 3.05) is 23.4 Å². The van der Waals surface area contributed by atoms with Gasteiger partial charge in [0.2, 0.25) is 11.8 Å². The lowest BCUT2D eigenvalue weighted by Gasteiger charge is -2.29. The summed E-state index contributed by atoms with van der Waals surface area (Å²) in [6, 6.07) is 13.2. The molecule has 1 aliphatic heterocycles. The molecule has 0 bridgehead atoms. The molecular weight excluding hydrogens is 330 g/mol. The van der Waals surface area contributed by atoms with Gasteiger partial charge in [-0.05, 0) is 29.8 Å². The second-order valence-corrected chi connectivity index (χ2v) is 6.29. The van der Waals surface area contributed by atoms with Crippen LogP contribution in [0.1, 0.15) is 12.5 Å². The van der Waals surface area contributed by atoms with Gasteiger partial charge in [-0.15, -0.1) is 0 Å². The summed E-state index contributed by atoms with van der Waals surface area (Å²) < 4.78 is 5.59. The fourth-order valence-corrected chi connectivity index (χ4v) is 3.28. The van der Waals surface area contributed by atoms with Crippen LogP contribution in [0.4, 0.5) is 11.4 Å². The molecule has 6 heteroatoms. The molecule has 0 unspecified atom stereocenters. The summed E-state index contributed by atoms with van der Waals surface area (Å²) in [5.41, 5.74) is 3.29. The number of nitrogens with zero attached hydrogens (tertiary/aromatic N) is 1. The van der Waals surface area contributed by atoms with E-state index in [2.05, 4.69) is 10.3 Å². The lowest BCUT2D eigenvalue weighted by molar-refractivity contribution is -0.117. The standard InChI is InChI=1S/C20H19N3O3/c1-13(24)23-8-9-26-19-7-6-15(11-18(19)23)22-20(25)10-14-12-21-17-5-3-2-4-16(14)17/h2-7,11-12,21H,8-10H2,1H3,(H,22,25). The molecule has 2 heterocycles.